The number of hydrogen-bond acceptors (Lipinski definition) is 4. The minimum absolute atomic E-state index is 0.0819. The highest BCUT2D eigenvalue weighted by Crippen LogP contribution is 2.06. The zero-order valence-electron chi connectivity index (χ0n) is 11.2. The standard InChI is InChI=1S/C12H22N2O4/c1-12(2,3)18-11(16)13-6-4-10(15)14-9-5-7-17-8-9/h9H,4-8H2,1-3H3,(H,13,16)(H,14,15). The average Bonchev–Trinajstić information content (AvgIpc) is 2.67. The van der Waals surface area contributed by atoms with Gasteiger partial charge in [0.15, 0.2) is 0 Å². The van der Waals surface area contributed by atoms with E-state index in [1.54, 1.807) is 20.8 Å². The normalized spacial score (nSPS) is 19.4. The van der Waals surface area contributed by atoms with Gasteiger partial charge in [0, 0.05) is 19.6 Å². The molecule has 1 aliphatic rings. The molecule has 1 unspecified atom stereocenters. The van der Waals surface area contributed by atoms with Crippen molar-refractivity contribution in [1.29, 1.82) is 0 Å². The van der Waals surface area contributed by atoms with Crippen LogP contribution < -0.4 is 10.6 Å². The lowest BCUT2D eigenvalue weighted by Gasteiger charge is -2.19. The van der Waals surface area contributed by atoms with Gasteiger partial charge in [-0.15, -0.1) is 0 Å². The molecule has 0 spiro atoms. The molecule has 1 rings (SSSR count). The number of rotatable bonds is 4. The summed E-state index contributed by atoms with van der Waals surface area (Å²) in [7, 11) is 0. The number of amides is 2. The molecule has 0 aliphatic carbocycles. The molecule has 18 heavy (non-hydrogen) atoms. The smallest absolute Gasteiger partial charge is 0.407 e. The van der Waals surface area contributed by atoms with Gasteiger partial charge in [-0.2, -0.15) is 0 Å². The lowest BCUT2D eigenvalue weighted by atomic mass is 10.2. The fourth-order valence-electron chi connectivity index (χ4n) is 1.54. The molecule has 0 saturated carbocycles. The van der Waals surface area contributed by atoms with Gasteiger partial charge in [-0.25, -0.2) is 4.79 Å². The topological polar surface area (TPSA) is 76.7 Å². The Morgan fingerprint density at radius 1 is 1.39 bits per heavy atom. The quantitative estimate of drug-likeness (QED) is 0.782. The van der Waals surface area contributed by atoms with Crippen LogP contribution in [-0.4, -0.2) is 43.4 Å². The molecular formula is C12H22N2O4. The summed E-state index contributed by atoms with van der Waals surface area (Å²) in [5, 5.41) is 5.39. The van der Waals surface area contributed by atoms with Crippen LogP contribution in [0.5, 0.6) is 0 Å². The number of carbonyl (C=O) groups is 2. The summed E-state index contributed by atoms with van der Waals surface area (Å²) in [6, 6.07) is 0.110. The van der Waals surface area contributed by atoms with E-state index in [0.29, 0.717) is 13.2 Å². The van der Waals surface area contributed by atoms with Gasteiger partial charge in [0.05, 0.1) is 12.6 Å². The monoisotopic (exact) mass is 258 g/mol. The Balaban J connectivity index is 2.09. The van der Waals surface area contributed by atoms with Crippen LogP contribution in [0, 0.1) is 0 Å². The van der Waals surface area contributed by atoms with Crippen molar-refractivity contribution in [3.63, 3.8) is 0 Å². The van der Waals surface area contributed by atoms with Gasteiger partial charge in [0.1, 0.15) is 5.60 Å². The van der Waals surface area contributed by atoms with Crippen molar-refractivity contribution in [2.24, 2.45) is 0 Å². The number of carbonyl (C=O) groups excluding carboxylic acids is 2. The molecular weight excluding hydrogens is 236 g/mol. The van der Waals surface area contributed by atoms with Gasteiger partial charge in [0.2, 0.25) is 5.91 Å². The Morgan fingerprint density at radius 3 is 2.67 bits per heavy atom. The first-order valence-electron chi connectivity index (χ1n) is 6.21. The maximum absolute atomic E-state index is 11.5. The second-order valence-corrected chi connectivity index (χ2v) is 5.31. The lowest BCUT2D eigenvalue weighted by molar-refractivity contribution is -0.121. The molecule has 0 aromatic carbocycles. The second-order valence-electron chi connectivity index (χ2n) is 5.31. The highest BCUT2D eigenvalue weighted by molar-refractivity contribution is 5.77. The highest BCUT2D eigenvalue weighted by atomic mass is 16.6. The summed E-state index contributed by atoms with van der Waals surface area (Å²) in [5.41, 5.74) is -0.520. The van der Waals surface area contributed by atoms with E-state index in [2.05, 4.69) is 10.6 Å². The molecule has 6 nitrogen and oxygen atoms in total. The van der Waals surface area contributed by atoms with Crippen LogP contribution in [0.1, 0.15) is 33.6 Å². The third kappa shape index (κ3) is 6.44. The fourth-order valence-corrected chi connectivity index (χ4v) is 1.54. The second kappa shape index (κ2) is 6.58. The largest absolute Gasteiger partial charge is 0.444 e. The third-order valence-corrected chi connectivity index (χ3v) is 2.32. The Hall–Kier alpha value is -1.30. The zero-order chi connectivity index (χ0) is 13.6. The number of alkyl carbamates (subject to hydrolysis) is 1. The predicted molar refractivity (Wildman–Crippen MR) is 66.2 cm³/mol. The third-order valence-electron chi connectivity index (χ3n) is 2.32. The van der Waals surface area contributed by atoms with Gasteiger partial charge < -0.3 is 20.1 Å². The van der Waals surface area contributed by atoms with Gasteiger partial charge in [-0.1, -0.05) is 0 Å². The highest BCUT2D eigenvalue weighted by Gasteiger charge is 2.18. The van der Waals surface area contributed by atoms with Crippen LogP contribution in [0.3, 0.4) is 0 Å². The molecule has 1 aliphatic heterocycles. The van der Waals surface area contributed by atoms with Crippen LogP contribution in [-0.2, 0) is 14.3 Å². The van der Waals surface area contributed by atoms with Crippen LogP contribution >= 0.6 is 0 Å². The summed E-state index contributed by atoms with van der Waals surface area (Å²) in [5.74, 6) is -0.0819. The van der Waals surface area contributed by atoms with Crippen LogP contribution in [0.4, 0.5) is 4.79 Å². The number of nitrogens with one attached hydrogen (secondary N) is 2. The van der Waals surface area contributed by atoms with Gasteiger partial charge in [-0.3, -0.25) is 4.79 Å². The zero-order valence-corrected chi connectivity index (χ0v) is 11.2. The first-order valence-corrected chi connectivity index (χ1v) is 6.21. The average molecular weight is 258 g/mol. The maximum atomic E-state index is 11.5. The molecule has 1 heterocycles. The van der Waals surface area contributed by atoms with E-state index in [1.807, 2.05) is 0 Å². The molecule has 1 atom stereocenters. The van der Waals surface area contributed by atoms with E-state index in [-0.39, 0.29) is 24.9 Å². The lowest BCUT2D eigenvalue weighted by Crippen LogP contribution is -2.38. The molecule has 0 aromatic rings. The van der Waals surface area contributed by atoms with Crippen molar-refractivity contribution in [3.8, 4) is 0 Å². The van der Waals surface area contributed by atoms with E-state index >= 15 is 0 Å². The summed E-state index contributed by atoms with van der Waals surface area (Å²) in [6.45, 7) is 6.92. The van der Waals surface area contributed by atoms with Gasteiger partial charge >= 0.3 is 6.09 Å². The number of ether oxygens (including phenoxy) is 2. The van der Waals surface area contributed by atoms with Crippen LogP contribution in [0.15, 0.2) is 0 Å². The summed E-state index contributed by atoms with van der Waals surface area (Å²) >= 11 is 0. The molecule has 0 radical (unpaired) electrons. The molecule has 6 heteroatoms. The van der Waals surface area contributed by atoms with Gasteiger partial charge in [0.25, 0.3) is 0 Å². The van der Waals surface area contributed by atoms with E-state index in [9.17, 15) is 9.59 Å². The van der Waals surface area contributed by atoms with Crippen LogP contribution in [0.2, 0.25) is 0 Å². The first-order chi connectivity index (χ1) is 8.37. The maximum Gasteiger partial charge on any atom is 0.407 e. The van der Waals surface area contributed by atoms with Gasteiger partial charge in [-0.05, 0) is 27.2 Å². The molecule has 104 valence electrons. The molecule has 0 bridgehead atoms. The SMILES string of the molecule is CC(C)(C)OC(=O)NCCC(=O)NC1CCOC1. The summed E-state index contributed by atoms with van der Waals surface area (Å²) < 4.78 is 10.2. The van der Waals surface area contributed by atoms with Crippen molar-refractivity contribution < 1.29 is 19.1 Å². The molecule has 1 fully saturated rings. The van der Waals surface area contributed by atoms with Crippen molar-refractivity contribution in [2.45, 2.75) is 45.3 Å². The summed E-state index contributed by atoms with van der Waals surface area (Å²) in [6.07, 6.45) is 0.598. The molecule has 1 saturated heterocycles. The predicted octanol–water partition coefficient (Wildman–Crippen LogP) is 0.806. The number of hydrogen-bond donors (Lipinski definition) is 2. The van der Waals surface area contributed by atoms with Crippen molar-refractivity contribution >= 4 is 12.0 Å². The Bertz CT molecular complexity index is 293. The minimum Gasteiger partial charge on any atom is -0.444 e. The van der Waals surface area contributed by atoms with E-state index in [4.69, 9.17) is 9.47 Å². The van der Waals surface area contributed by atoms with E-state index in [0.717, 1.165) is 6.42 Å². The summed E-state index contributed by atoms with van der Waals surface area (Å²) in [4.78, 5) is 22.8. The van der Waals surface area contributed by atoms with E-state index < -0.39 is 11.7 Å². The minimum atomic E-state index is -0.520. The first kappa shape index (κ1) is 14.8. The Kier molecular flexibility index (Phi) is 5.40. The Morgan fingerprint density at radius 2 is 2.11 bits per heavy atom. The van der Waals surface area contributed by atoms with Crippen molar-refractivity contribution in [1.82, 2.24) is 10.6 Å². The molecule has 0 aromatic heterocycles. The van der Waals surface area contributed by atoms with Crippen LogP contribution in [0.25, 0.3) is 0 Å². The van der Waals surface area contributed by atoms with E-state index in [1.165, 1.54) is 0 Å². The molecule has 2 N–H and O–H groups in total. The van der Waals surface area contributed by atoms with Crippen molar-refractivity contribution in [2.75, 3.05) is 19.8 Å². The molecule has 2 amide bonds. The van der Waals surface area contributed by atoms with Crippen molar-refractivity contribution in [3.05, 3.63) is 0 Å². The fraction of sp³-hybridized carbons (Fsp3) is 0.833. The Labute approximate surface area is 107 Å².